The van der Waals surface area contributed by atoms with Crippen LogP contribution in [0.2, 0.25) is 0 Å². The van der Waals surface area contributed by atoms with Gasteiger partial charge in [0.25, 0.3) is 0 Å². The molecule has 17 heavy (non-hydrogen) atoms. The molecule has 4 nitrogen and oxygen atoms in total. The lowest BCUT2D eigenvalue weighted by Gasteiger charge is -2.06. The summed E-state index contributed by atoms with van der Waals surface area (Å²) in [6.07, 6.45) is 1.52. The molecule has 2 aromatic rings. The summed E-state index contributed by atoms with van der Waals surface area (Å²) >= 11 is 0. The molecule has 0 aliphatic rings. The van der Waals surface area contributed by atoms with Gasteiger partial charge in [-0.3, -0.25) is 0 Å². The van der Waals surface area contributed by atoms with Crippen molar-refractivity contribution in [3.63, 3.8) is 0 Å². The minimum absolute atomic E-state index is 0.175. The number of nitriles is 1. The smallest absolute Gasteiger partial charge is 0.166 e. The lowest BCUT2D eigenvalue weighted by atomic mass is 10.1. The second kappa shape index (κ2) is 4.26. The van der Waals surface area contributed by atoms with Crippen molar-refractivity contribution in [3.05, 3.63) is 36.0 Å². The monoisotopic (exact) mass is 231 g/mol. The van der Waals surface area contributed by atoms with Crippen LogP contribution in [0.4, 0.5) is 4.39 Å². The highest BCUT2D eigenvalue weighted by atomic mass is 19.1. The van der Waals surface area contributed by atoms with E-state index in [0.717, 1.165) is 0 Å². The number of nitrogens with zero attached hydrogens (tertiary/aromatic N) is 3. The first-order valence-electron chi connectivity index (χ1n) is 4.92. The zero-order chi connectivity index (χ0) is 12.4. The Labute approximate surface area is 97.9 Å². The van der Waals surface area contributed by atoms with Gasteiger partial charge >= 0.3 is 0 Å². The highest BCUT2D eigenvalue weighted by Gasteiger charge is 2.13. The number of aromatic nitrogens is 2. The average Bonchev–Trinajstić information content (AvgIpc) is 2.70. The maximum atomic E-state index is 13.6. The summed E-state index contributed by atoms with van der Waals surface area (Å²) in [6.45, 7) is 0. The number of aryl methyl sites for hydroxylation is 1. The van der Waals surface area contributed by atoms with Gasteiger partial charge in [-0.1, -0.05) is 0 Å². The Balaban J connectivity index is 2.58. The molecule has 0 N–H and O–H groups in total. The van der Waals surface area contributed by atoms with E-state index in [9.17, 15) is 4.39 Å². The largest absolute Gasteiger partial charge is 0.494 e. The average molecular weight is 231 g/mol. The topological polar surface area (TPSA) is 50.8 Å². The van der Waals surface area contributed by atoms with Crippen LogP contribution in [0, 0.1) is 17.1 Å². The van der Waals surface area contributed by atoms with Crippen molar-refractivity contribution in [1.82, 2.24) is 9.55 Å². The molecule has 0 saturated carbocycles. The molecule has 0 aliphatic heterocycles. The maximum absolute atomic E-state index is 13.6. The Morgan fingerprint density at radius 2 is 2.24 bits per heavy atom. The van der Waals surface area contributed by atoms with Crippen LogP contribution in [-0.2, 0) is 7.05 Å². The lowest BCUT2D eigenvalue weighted by molar-refractivity contribution is 0.386. The molecule has 0 unspecified atom stereocenters. The molecule has 0 bridgehead atoms. The summed E-state index contributed by atoms with van der Waals surface area (Å²) in [7, 11) is 3.16. The molecule has 0 amide bonds. The van der Waals surface area contributed by atoms with Gasteiger partial charge in [-0.25, -0.2) is 9.37 Å². The van der Waals surface area contributed by atoms with Crippen molar-refractivity contribution in [2.24, 2.45) is 7.05 Å². The highest BCUT2D eigenvalue weighted by Crippen LogP contribution is 2.26. The van der Waals surface area contributed by atoms with Crippen molar-refractivity contribution >= 4 is 0 Å². The first-order valence-corrected chi connectivity index (χ1v) is 4.92. The van der Waals surface area contributed by atoms with E-state index in [0.29, 0.717) is 11.3 Å². The van der Waals surface area contributed by atoms with Crippen LogP contribution in [0.15, 0.2) is 24.5 Å². The number of imidazole rings is 1. The minimum Gasteiger partial charge on any atom is -0.494 e. The first kappa shape index (κ1) is 11.1. The van der Waals surface area contributed by atoms with Crippen LogP contribution in [-0.4, -0.2) is 16.7 Å². The van der Waals surface area contributed by atoms with Crippen LogP contribution in [0.1, 0.15) is 5.69 Å². The standard InChI is InChI=1S/C12H10FN3O/c1-16-7-15-10(6-14)12(16)8-3-4-11(17-2)9(13)5-8/h3-5,7H,1-2H3. The fourth-order valence-electron chi connectivity index (χ4n) is 1.67. The van der Waals surface area contributed by atoms with E-state index < -0.39 is 5.82 Å². The minimum atomic E-state index is -0.463. The number of hydrogen-bond acceptors (Lipinski definition) is 3. The molecular formula is C12H10FN3O. The van der Waals surface area contributed by atoms with E-state index in [1.807, 2.05) is 6.07 Å². The molecule has 2 rings (SSSR count). The van der Waals surface area contributed by atoms with E-state index >= 15 is 0 Å². The normalized spacial score (nSPS) is 10.0. The Kier molecular flexibility index (Phi) is 2.79. The van der Waals surface area contributed by atoms with Crippen LogP contribution in [0.25, 0.3) is 11.3 Å². The first-order chi connectivity index (χ1) is 8.17. The number of benzene rings is 1. The van der Waals surface area contributed by atoms with E-state index in [4.69, 9.17) is 10.00 Å². The molecule has 0 radical (unpaired) electrons. The van der Waals surface area contributed by atoms with Crippen molar-refractivity contribution in [3.8, 4) is 23.1 Å². The van der Waals surface area contributed by atoms with Gasteiger partial charge in [0.05, 0.1) is 19.1 Å². The van der Waals surface area contributed by atoms with E-state index in [1.54, 1.807) is 17.7 Å². The summed E-state index contributed by atoms with van der Waals surface area (Å²) in [6, 6.07) is 6.53. The van der Waals surface area contributed by atoms with Crippen molar-refractivity contribution in [1.29, 1.82) is 5.26 Å². The molecular weight excluding hydrogens is 221 g/mol. The predicted molar refractivity (Wildman–Crippen MR) is 59.9 cm³/mol. The third kappa shape index (κ3) is 1.85. The van der Waals surface area contributed by atoms with Crippen molar-refractivity contribution in [2.45, 2.75) is 0 Å². The molecule has 1 aromatic carbocycles. The second-order valence-electron chi connectivity index (χ2n) is 3.51. The van der Waals surface area contributed by atoms with E-state index in [1.165, 1.54) is 25.6 Å². The van der Waals surface area contributed by atoms with Crippen LogP contribution in [0.3, 0.4) is 0 Å². The Morgan fingerprint density at radius 3 is 2.82 bits per heavy atom. The van der Waals surface area contributed by atoms with Crippen LogP contribution >= 0.6 is 0 Å². The van der Waals surface area contributed by atoms with Crippen LogP contribution < -0.4 is 4.74 Å². The SMILES string of the molecule is COc1ccc(-c2c(C#N)ncn2C)cc1F. The summed E-state index contributed by atoms with van der Waals surface area (Å²) < 4.78 is 20.1. The molecule has 86 valence electrons. The fourth-order valence-corrected chi connectivity index (χ4v) is 1.67. The van der Waals surface area contributed by atoms with Gasteiger partial charge < -0.3 is 9.30 Å². The van der Waals surface area contributed by atoms with Gasteiger partial charge in [-0.15, -0.1) is 0 Å². The number of ether oxygens (including phenoxy) is 1. The molecule has 0 fully saturated rings. The molecule has 0 spiro atoms. The van der Waals surface area contributed by atoms with Gasteiger partial charge in [0.1, 0.15) is 6.07 Å². The summed E-state index contributed by atoms with van der Waals surface area (Å²) in [5.74, 6) is -0.287. The molecule has 5 heteroatoms. The molecule has 1 aromatic heterocycles. The third-order valence-electron chi connectivity index (χ3n) is 2.47. The zero-order valence-corrected chi connectivity index (χ0v) is 9.44. The van der Waals surface area contributed by atoms with Gasteiger partial charge in [-0.2, -0.15) is 5.26 Å². The fraction of sp³-hybridized carbons (Fsp3) is 0.167. The summed E-state index contributed by atoms with van der Waals surface area (Å²) in [4.78, 5) is 3.93. The number of rotatable bonds is 2. The zero-order valence-electron chi connectivity index (χ0n) is 9.44. The molecule has 0 saturated heterocycles. The second-order valence-corrected chi connectivity index (χ2v) is 3.51. The van der Waals surface area contributed by atoms with Gasteiger partial charge in [0.2, 0.25) is 0 Å². The van der Waals surface area contributed by atoms with Crippen LogP contribution in [0.5, 0.6) is 5.75 Å². The van der Waals surface area contributed by atoms with Crippen molar-refractivity contribution in [2.75, 3.05) is 7.11 Å². The Bertz CT molecular complexity index is 598. The van der Waals surface area contributed by atoms with Crippen molar-refractivity contribution < 1.29 is 9.13 Å². The number of hydrogen-bond donors (Lipinski definition) is 0. The third-order valence-corrected chi connectivity index (χ3v) is 2.47. The van der Waals surface area contributed by atoms with Gasteiger partial charge in [-0.05, 0) is 18.2 Å². The van der Waals surface area contributed by atoms with Gasteiger partial charge in [0.15, 0.2) is 17.3 Å². The molecule has 0 atom stereocenters. The number of methoxy groups -OCH3 is 1. The van der Waals surface area contributed by atoms with E-state index in [2.05, 4.69) is 4.98 Å². The van der Waals surface area contributed by atoms with E-state index in [-0.39, 0.29) is 11.4 Å². The number of halogens is 1. The van der Waals surface area contributed by atoms with Gasteiger partial charge in [0, 0.05) is 12.6 Å². The Morgan fingerprint density at radius 1 is 1.47 bits per heavy atom. The highest BCUT2D eigenvalue weighted by molar-refractivity contribution is 5.66. The predicted octanol–water partition coefficient (Wildman–Crippen LogP) is 2.11. The maximum Gasteiger partial charge on any atom is 0.166 e. The lowest BCUT2D eigenvalue weighted by Crippen LogP contribution is -1.94. The quantitative estimate of drug-likeness (QED) is 0.795. The summed E-state index contributed by atoms with van der Waals surface area (Å²) in [5.41, 5.74) is 1.46. The molecule has 0 aliphatic carbocycles. The molecule has 1 heterocycles. The Hall–Kier alpha value is -2.35. The summed E-state index contributed by atoms with van der Waals surface area (Å²) in [5, 5.41) is 8.92.